The molecule has 3 aromatic carbocycles. The van der Waals surface area contributed by atoms with Crippen LogP contribution < -0.4 is 19.6 Å². The molecule has 176 valence electrons. The summed E-state index contributed by atoms with van der Waals surface area (Å²) < 4.78 is 13.0. The topological polar surface area (TPSA) is 69.9 Å². The second-order valence-corrected chi connectivity index (χ2v) is 9.12. The third kappa shape index (κ3) is 3.98. The fourth-order valence-electron chi connectivity index (χ4n) is 4.50. The van der Waals surface area contributed by atoms with E-state index >= 15 is 0 Å². The van der Waals surface area contributed by atoms with Crippen LogP contribution in [0.15, 0.2) is 87.8 Å². The first-order valence-corrected chi connectivity index (χ1v) is 12.2. The van der Waals surface area contributed by atoms with Gasteiger partial charge in [0, 0.05) is 5.56 Å². The van der Waals surface area contributed by atoms with Gasteiger partial charge in [-0.3, -0.25) is 9.36 Å². The summed E-state index contributed by atoms with van der Waals surface area (Å²) in [6.45, 7) is 3.79. The molecule has 4 aromatic rings. The molecule has 2 heterocycles. The molecule has 0 bridgehead atoms. The SMILES string of the molecule is CCOC(=O)C1=C(C)N=c2s/c(=C\c3ccccc3OC)c(=O)n2[C@H]1c1cccc2ccccc12. The predicted molar refractivity (Wildman–Crippen MR) is 137 cm³/mol. The van der Waals surface area contributed by atoms with Crippen molar-refractivity contribution < 1.29 is 14.3 Å². The van der Waals surface area contributed by atoms with Crippen molar-refractivity contribution in [1.29, 1.82) is 0 Å². The first kappa shape index (κ1) is 22.8. The molecular formula is C28H24N2O4S. The van der Waals surface area contributed by atoms with Crippen LogP contribution in [0, 0.1) is 0 Å². The minimum absolute atomic E-state index is 0.216. The van der Waals surface area contributed by atoms with Gasteiger partial charge in [-0.15, -0.1) is 0 Å². The standard InChI is InChI=1S/C28H24N2O4S/c1-4-34-27(32)24-17(2)29-28-30(25(24)21-14-9-12-18-10-5-7-13-20(18)21)26(31)23(35-28)16-19-11-6-8-15-22(19)33-3/h5-16,25H,4H2,1-3H3/b23-16-/t25-/m0/s1. The zero-order valence-electron chi connectivity index (χ0n) is 19.6. The van der Waals surface area contributed by atoms with Crippen LogP contribution in [-0.2, 0) is 9.53 Å². The molecule has 35 heavy (non-hydrogen) atoms. The molecular weight excluding hydrogens is 460 g/mol. The fourth-order valence-corrected chi connectivity index (χ4v) is 5.54. The maximum absolute atomic E-state index is 13.8. The summed E-state index contributed by atoms with van der Waals surface area (Å²) >= 11 is 1.30. The van der Waals surface area contributed by atoms with Crippen molar-refractivity contribution in [3.8, 4) is 5.75 Å². The monoisotopic (exact) mass is 484 g/mol. The number of esters is 1. The molecule has 7 heteroatoms. The van der Waals surface area contributed by atoms with Crippen LogP contribution in [0.25, 0.3) is 16.8 Å². The highest BCUT2D eigenvalue weighted by molar-refractivity contribution is 7.07. The van der Waals surface area contributed by atoms with E-state index in [4.69, 9.17) is 9.47 Å². The lowest BCUT2D eigenvalue weighted by Crippen LogP contribution is -2.40. The lowest BCUT2D eigenvalue weighted by atomic mass is 9.91. The number of thiazole rings is 1. The van der Waals surface area contributed by atoms with Gasteiger partial charge >= 0.3 is 5.97 Å². The van der Waals surface area contributed by atoms with Gasteiger partial charge in [0.1, 0.15) is 5.75 Å². The van der Waals surface area contributed by atoms with Crippen LogP contribution in [0.5, 0.6) is 5.75 Å². The van der Waals surface area contributed by atoms with E-state index in [-0.39, 0.29) is 12.2 Å². The number of carbonyl (C=O) groups excluding carboxylic acids is 1. The zero-order chi connectivity index (χ0) is 24.5. The van der Waals surface area contributed by atoms with Crippen LogP contribution in [0.4, 0.5) is 0 Å². The maximum atomic E-state index is 13.8. The predicted octanol–water partition coefficient (Wildman–Crippen LogP) is 3.96. The van der Waals surface area contributed by atoms with Gasteiger partial charge in [0.2, 0.25) is 0 Å². The van der Waals surface area contributed by atoms with Crippen molar-refractivity contribution >= 4 is 34.2 Å². The van der Waals surface area contributed by atoms with Gasteiger partial charge in [-0.1, -0.05) is 72.0 Å². The normalized spacial score (nSPS) is 15.6. The molecule has 1 atom stereocenters. The molecule has 0 radical (unpaired) electrons. The summed E-state index contributed by atoms with van der Waals surface area (Å²) in [7, 11) is 1.60. The number of hydrogen-bond acceptors (Lipinski definition) is 6. The highest BCUT2D eigenvalue weighted by Gasteiger charge is 2.34. The number of nitrogens with zero attached hydrogens (tertiary/aromatic N) is 2. The van der Waals surface area contributed by atoms with Gasteiger partial charge < -0.3 is 9.47 Å². The number of hydrogen-bond donors (Lipinski definition) is 0. The van der Waals surface area contributed by atoms with Gasteiger partial charge in [0.05, 0.1) is 35.6 Å². The molecule has 1 aliphatic rings. The number of allylic oxidation sites excluding steroid dienone is 1. The van der Waals surface area contributed by atoms with E-state index in [0.29, 0.717) is 26.4 Å². The first-order valence-electron chi connectivity index (χ1n) is 11.3. The Labute approximate surface area is 206 Å². The third-order valence-electron chi connectivity index (χ3n) is 6.06. The Morgan fingerprint density at radius 2 is 1.83 bits per heavy atom. The van der Waals surface area contributed by atoms with Crippen LogP contribution in [0.3, 0.4) is 0 Å². The number of para-hydroxylation sites is 1. The van der Waals surface area contributed by atoms with Gasteiger partial charge in [0.15, 0.2) is 4.80 Å². The van der Waals surface area contributed by atoms with E-state index in [2.05, 4.69) is 4.99 Å². The molecule has 5 rings (SSSR count). The molecule has 0 saturated heterocycles. The van der Waals surface area contributed by atoms with Crippen molar-refractivity contribution in [1.82, 2.24) is 4.57 Å². The second kappa shape index (κ2) is 9.35. The number of benzene rings is 3. The summed E-state index contributed by atoms with van der Waals surface area (Å²) in [5, 5.41) is 2.00. The zero-order valence-corrected chi connectivity index (χ0v) is 20.5. The molecule has 0 N–H and O–H groups in total. The van der Waals surface area contributed by atoms with Crippen LogP contribution in [0.1, 0.15) is 31.0 Å². The number of aromatic nitrogens is 1. The van der Waals surface area contributed by atoms with Gasteiger partial charge in [-0.2, -0.15) is 0 Å². The Kier molecular flexibility index (Phi) is 6.09. The molecule has 0 aliphatic carbocycles. The number of carbonyl (C=O) groups is 1. The fraction of sp³-hybridized carbons (Fsp3) is 0.179. The highest BCUT2D eigenvalue weighted by Crippen LogP contribution is 2.34. The molecule has 1 aromatic heterocycles. The lowest BCUT2D eigenvalue weighted by molar-refractivity contribution is -0.139. The van der Waals surface area contributed by atoms with E-state index in [1.807, 2.05) is 72.8 Å². The quantitative estimate of drug-likeness (QED) is 0.402. The largest absolute Gasteiger partial charge is 0.496 e. The summed E-state index contributed by atoms with van der Waals surface area (Å²) in [4.78, 5) is 32.2. The van der Waals surface area contributed by atoms with E-state index in [9.17, 15) is 9.59 Å². The summed E-state index contributed by atoms with van der Waals surface area (Å²) in [6, 6.07) is 20.7. The highest BCUT2D eigenvalue weighted by atomic mass is 32.1. The summed E-state index contributed by atoms with van der Waals surface area (Å²) in [6.07, 6.45) is 1.81. The lowest BCUT2D eigenvalue weighted by Gasteiger charge is -2.25. The Bertz CT molecular complexity index is 1660. The summed E-state index contributed by atoms with van der Waals surface area (Å²) in [5.74, 6) is 0.207. The average molecular weight is 485 g/mol. The van der Waals surface area contributed by atoms with Crippen LogP contribution in [0.2, 0.25) is 0 Å². The molecule has 0 fully saturated rings. The molecule has 0 unspecified atom stereocenters. The van der Waals surface area contributed by atoms with Crippen molar-refractivity contribution in [3.63, 3.8) is 0 Å². The van der Waals surface area contributed by atoms with E-state index in [0.717, 1.165) is 21.9 Å². The maximum Gasteiger partial charge on any atom is 0.338 e. The number of fused-ring (bicyclic) bond motifs is 2. The second-order valence-electron chi connectivity index (χ2n) is 8.11. The van der Waals surface area contributed by atoms with E-state index < -0.39 is 12.0 Å². The molecule has 0 spiro atoms. The average Bonchev–Trinajstić information content (AvgIpc) is 3.17. The van der Waals surface area contributed by atoms with Crippen LogP contribution in [-0.4, -0.2) is 24.3 Å². The Morgan fingerprint density at radius 1 is 1.09 bits per heavy atom. The molecule has 6 nitrogen and oxygen atoms in total. The van der Waals surface area contributed by atoms with Gasteiger partial charge in [-0.05, 0) is 42.3 Å². The number of rotatable bonds is 5. The molecule has 0 saturated carbocycles. The van der Waals surface area contributed by atoms with E-state index in [1.54, 1.807) is 25.5 Å². The molecule has 0 amide bonds. The van der Waals surface area contributed by atoms with Gasteiger partial charge in [-0.25, -0.2) is 9.79 Å². The smallest absolute Gasteiger partial charge is 0.338 e. The minimum Gasteiger partial charge on any atom is -0.496 e. The number of ether oxygens (including phenoxy) is 2. The van der Waals surface area contributed by atoms with Crippen molar-refractivity contribution in [2.24, 2.45) is 4.99 Å². The minimum atomic E-state index is -0.656. The third-order valence-corrected chi connectivity index (χ3v) is 7.04. The summed E-state index contributed by atoms with van der Waals surface area (Å²) in [5.41, 5.74) is 2.35. The van der Waals surface area contributed by atoms with Crippen LogP contribution >= 0.6 is 11.3 Å². The van der Waals surface area contributed by atoms with Crippen molar-refractivity contribution in [3.05, 3.63) is 109 Å². The van der Waals surface area contributed by atoms with E-state index in [1.165, 1.54) is 11.3 Å². The van der Waals surface area contributed by atoms with Crippen molar-refractivity contribution in [2.75, 3.05) is 13.7 Å². The first-order chi connectivity index (χ1) is 17.0. The molecule has 1 aliphatic heterocycles. The Balaban J connectivity index is 1.81. The Morgan fingerprint density at radius 3 is 2.63 bits per heavy atom. The van der Waals surface area contributed by atoms with Gasteiger partial charge in [0.25, 0.3) is 5.56 Å². The number of methoxy groups -OCH3 is 1. The Hall–Kier alpha value is -3.97. The van der Waals surface area contributed by atoms with Crippen molar-refractivity contribution in [2.45, 2.75) is 19.9 Å².